The van der Waals surface area contributed by atoms with Gasteiger partial charge in [-0.1, -0.05) is 41.9 Å². The van der Waals surface area contributed by atoms with Gasteiger partial charge >= 0.3 is 0 Å². The Balaban J connectivity index is 1.32. The summed E-state index contributed by atoms with van der Waals surface area (Å²) in [6, 6.07) is 19.1. The molecule has 3 aromatic rings. The second-order valence-electron chi connectivity index (χ2n) is 7.10. The number of halogens is 1. The average Bonchev–Trinajstić information content (AvgIpc) is 3.24. The van der Waals surface area contributed by atoms with Crippen molar-refractivity contribution in [2.24, 2.45) is 0 Å². The van der Waals surface area contributed by atoms with Crippen LogP contribution in [-0.2, 0) is 4.79 Å². The van der Waals surface area contributed by atoms with E-state index in [1.54, 1.807) is 0 Å². The number of carbonyl (C=O) groups is 1. The first kappa shape index (κ1) is 19.3. The van der Waals surface area contributed by atoms with E-state index in [9.17, 15) is 4.79 Å². The van der Waals surface area contributed by atoms with Gasteiger partial charge in [-0.25, -0.2) is 0 Å². The molecular weight excluding hydrogens is 388 g/mol. The van der Waals surface area contributed by atoms with Crippen molar-refractivity contribution in [2.45, 2.75) is 18.9 Å². The van der Waals surface area contributed by atoms with Crippen molar-refractivity contribution in [1.29, 1.82) is 0 Å². The number of hydrogen-bond acceptors (Lipinski definition) is 4. The number of ether oxygens (including phenoxy) is 1. The molecule has 0 bridgehead atoms. The van der Waals surface area contributed by atoms with Gasteiger partial charge in [-0.3, -0.25) is 9.89 Å². The molecule has 6 nitrogen and oxygen atoms in total. The minimum absolute atomic E-state index is 0.0175. The molecule has 1 atom stereocenters. The predicted molar refractivity (Wildman–Crippen MR) is 114 cm³/mol. The summed E-state index contributed by atoms with van der Waals surface area (Å²) in [5.74, 6) is 1.47. The van der Waals surface area contributed by atoms with Crippen LogP contribution in [0, 0.1) is 0 Å². The van der Waals surface area contributed by atoms with Gasteiger partial charge in [-0.2, -0.15) is 5.10 Å². The van der Waals surface area contributed by atoms with E-state index in [-0.39, 0.29) is 18.6 Å². The molecule has 2 N–H and O–H groups in total. The Bertz CT molecular complexity index is 943. The molecule has 0 spiro atoms. The monoisotopic (exact) mass is 410 g/mol. The van der Waals surface area contributed by atoms with Gasteiger partial charge in [-0.05, 0) is 42.7 Å². The van der Waals surface area contributed by atoms with E-state index in [1.807, 2.05) is 60.7 Å². The Kier molecular flexibility index (Phi) is 6.00. The van der Waals surface area contributed by atoms with Crippen molar-refractivity contribution in [3.05, 3.63) is 65.7 Å². The highest BCUT2D eigenvalue weighted by Crippen LogP contribution is 2.25. The van der Waals surface area contributed by atoms with Crippen LogP contribution in [0.2, 0.25) is 5.02 Å². The van der Waals surface area contributed by atoms with Crippen molar-refractivity contribution in [3.63, 3.8) is 0 Å². The maximum absolute atomic E-state index is 12.3. The van der Waals surface area contributed by atoms with Crippen LogP contribution in [-0.4, -0.2) is 41.8 Å². The molecule has 0 saturated carbocycles. The van der Waals surface area contributed by atoms with Gasteiger partial charge in [0.05, 0.1) is 5.69 Å². The van der Waals surface area contributed by atoms with Gasteiger partial charge < -0.3 is 15.0 Å². The summed E-state index contributed by atoms with van der Waals surface area (Å²) in [6.07, 6.45) is 1.94. The van der Waals surface area contributed by atoms with E-state index < -0.39 is 0 Å². The number of anilines is 1. The summed E-state index contributed by atoms with van der Waals surface area (Å²) in [7, 11) is 0. The largest absolute Gasteiger partial charge is 0.484 e. The number of aromatic nitrogens is 2. The molecular formula is C22H23ClN4O2. The molecule has 1 amide bonds. The Hall–Kier alpha value is -2.99. The molecule has 1 aromatic heterocycles. The second kappa shape index (κ2) is 9.01. The summed E-state index contributed by atoms with van der Waals surface area (Å²) in [5.41, 5.74) is 1.98. The zero-order valence-corrected chi connectivity index (χ0v) is 16.7. The lowest BCUT2D eigenvalue weighted by atomic mass is 10.1. The van der Waals surface area contributed by atoms with Crippen LogP contribution >= 0.6 is 11.6 Å². The molecule has 1 saturated heterocycles. The molecule has 0 radical (unpaired) electrons. The minimum atomic E-state index is -0.107. The van der Waals surface area contributed by atoms with Crippen molar-refractivity contribution >= 4 is 23.3 Å². The van der Waals surface area contributed by atoms with E-state index in [0.717, 1.165) is 43.0 Å². The number of nitrogens with zero attached hydrogens (tertiary/aromatic N) is 2. The fraction of sp³-hybridized carbons (Fsp3) is 0.273. The van der Waals surface area contributed by atoms with Gasteiger partial charge in [-0.15, -0.1) is 0 Å². The second-order valence-corrected chi connectivity index (χ2v) is 7.54. The van der Waals surface area contributed by atoms with Gasteiger partial charge in [0.25, 0.3) is 5.91 Å². The molecule has 0 aliphatic carbocycles. The average molecular weight is 411 g/mol. The first-order valence-corrected chi connectivity index (χ1v) is 10.1. The molecule has 1 aliphatic rings. The van der Waals surface area contributed by atoms with Crippen LogP contribution in [0.15, 0.2) is 60.7 Å². The lowest BCUT2D eigenvalue weighted by Crippen LogP contribution is -2.49. The van der Waals surface area contributed by atoms with Crippen LogP contribution in [0.4, 0.5) is 5.82 Å². The maximum atomic E-state index is 12.3. The summed E-state index contributed by atoms with van der Waals surface area (Å²) < 4.78 is 5.53. The Morgan fingerprint density at radius 2 is 2.00 bits per heavy atom. The molecule has 1 aliphatic heterocycles. The van der Waals surface area contributed by atoms with Gasteiger partial charge in [0, 0.05) is 30.2 Å². The predicted octanol–water partition coefficient (Wildman–Crippen LogP) is 3.89. The van der Waals surface area contributed by atoms with Gasteiger partial charge in [0.2, 0.25) is 0 Å². The third-order valence-electron chi connectivity index (χ3n) is 4.94. The van der Waals surface area contributed by atoms with Crippen LogP contribution in [0.25, 0.3) is 11.3 Å². The molecule has 29 heavy (non-hydrogen) atoms. The summed E-state index contributed by atoms with van der Waals surface area (Å²) in [4.78, 5) is 14.5. The number of aromatic amines is 1. The highest BCUT2D eigenvalue weighted by molar-refractivity contribution is 6.30. The lowest BCUT2D eigenvalue weighted by molar-refractivity contribution is -0.123. The van der Waals surface area contributed by atoms with Gasteiger partial charge in [0.15, 0.2) is 12.4 Å². The normalized spacial score (nSPS) is 16.4. The molecule has 4 rings (SSSR count). The molecule has 2 heterocycles. The summed E-state index contributed by atoms with van der Waals surface area (Å²) in [6.45, 7) is 1.66. The number of benzene rings is 2. The Labute approximate surface area is 174 Å². The minimum Gasteiger partial charge on any atom is -0.484 e. The number of nitrogens with one attached hydrogen (secondary N) is 2. The molecule has 1 fully saturated rings. The number of rotatable bonds is 6. The fourth-order valence-corrected chi connectivity index (χ4v) is 3.61. The van der Waals surface area contributed by atoms with Crippen LogP contribution in [0.3, 0.4) is 0 Å². The van der Waals surface area contributed by atoms with E-state index >= 15 is 0 Å². The third kappa shape index (κ3) is 5.09. The third-order valence-corrected chi connectivity index (χ3v) is 5.20. The Morgan fingerprint density at radius 3 is 2.79 bits per heavy atom. The van der Waals surface area contributed by atoms with E-state index in [2.05, 4.69) is 20.4 Å². The topological polar surface area (TPSA) is 70.2 Å². The van der Waals surface area contributed by atoms with Crippen molar-refractivity contribution in [1.82, 2.24) is 15.5 Å². The summed E-state index contributed by atoms with van der Waals surface area (Å²) in [5, 5.41) is 11.3. The highest BCUT2D eigenvalue weighted by Gasteiger charge is 2.23. The molecule has 2 aromatic carbocycles. The maximum Gasteiger partial charge on any atom is 0.258 e. The molecule has 7 heteroatoms. The Morgan fingerprint density at radius 1 is 1.21 bits per heavy atom. The highest BCUT2D eigenvalue weighted by atomic mass is 35.5. The van der Waals surface area contributed by atoms with Crippen LogP contribution < -0.4 is 15.0 Å². The number of carbonyl (C=O) groups excluding carboxylic acids is 1. The molecule has 0 unspecified atom stereocenters. The number of hydrogen-bond donors (Lipinski definition) is 2. The van der Waals surface area contributed by atoms with E-state index in [1.165, 1.54) is 0 Å². The van der Waals surface area contributed by atoms with Crippen LogP contribution in [0.5, 0.6) is 5.75 Å². The lowest BCUT2D eigenvalue weighted by Gasteiger charge is -2.33. The number of para-hydroxylation sites is 1. The quantitative estimate of drug-likeness (QED) is 0.646. The van der Waals surface area contributed by atoms with Crippen molar-refractivity contribution in [2.75, 3.05) is 24.6 Å². The van der Waals surface area contributed by atoms with Crippen molar-refractivity contribution < 1.29 is 9.53 Å². The zero-order chi connectivity index (χ0) is 20.1. The number of H-pyrrole nitrogens is 1. The molecule has 150 valence electrons. The van der Waals surface area contributed by atoms with Gasteiger partial charge in [0.1, 0.15) is 5.75 Å². The summed E-state index contributed by atoms with van der Waals surface area (Å²) >= 11 is 5.96. The number of piperidine rings is 1. The smallest absolute Gasteiger partial charge is 0.258 e. The number of amides is 1. The fourth-order valence-electron chi connectivity index (χ4n) is 3.49. The standard InChI is InChI=1S/C22H23ClN4O2/c23-17-10-8-16(9-11-17)20-13-21(26-25-20)27-12-4-5-18(14-27)24-22(28)15-29-19-6-2-1-3-7-19/h1-3,6-11,13,18H,4-5,12,14-15H2,(H,24,28)(H,25,26)/t18-/m0/s1. The van der Waals surface area contributed by atoms with E-state index in [0.29, 0.717) is 10.8 Å². The zero-order valence-electron chi connectivity index (χ0n) is 16.0. The van der Waals surface area contributed by atoms with E-state index in [4.69, 9.17) is 16.3 Å². The first-order chi connectivity index (χ1) is 14.2. The van der Waals surface area contributed by atoms with Crippen LogP contribution in [0.1, 0.15) is 12.8 Å². The first-order valence-electron chi connectivity index (χ1n) is 9.71. The SMILES string of the molecule is O=C(COc1ccccc1)N[C@H]1CCCN(c2cc(-c3ccc(Cl)cc3)[nH]n2)C1. The van der Waals surface area contributed by atoms with Crippen molar-refractivity contribution in [3.8, 4) is 17.0 Å².